The Morgan fingerprint density at radius 3 is 2.37 bits per heavy atom. The van der Waals surface area contributed by atoms with E-state index in [0.29, 0.717) is 0 Å². The molecular weight excluding hydrogens is 246 g/mol. The second-order valence-corrected chi connectivity index (χ2v) is 3.92. The second kappa shape index (κ2) is 7.13. The molecule has 0 spiro atoms. The lowest BCUT2D eigenvalue weighted by molar-refractivity contribution is -0.138. The van der Waals surface area contributed by atoms with E-state index in [1.165, 1.54) is 6.08 Å². The molecule has 0 aliphatic rings. The number of carboxylic acid groups (broad SMARTS) is 2. The zero-order valence-electron chi connectivity index (χ0n) is 10.2. The van der Waals surface area contributed by atoms with Crippen LogP contribution in [-0.2, 0) is 9.59 Å². The molecule has 0 aliphatic heterocycles. The molecule has 0 heterocycles. The van der Waals surface area contributed by atoms with E-state index in [2.05, 4.69) is 0 Å². The first-order valence-corrected chi connectivity index (χ1v) is 5.64. The van der Waals surface area contributed by atoms with Gasteiger partial charge in [-0.05, 0) is 5.56 Å². The van der Waals surface area contributed by atoms with Gasteiger partial charge < -0.3 is 15.9 Å². The number of hydrogen-bond donors (Lipinski definition) is 3. The summed E-state index contributed by atoms with van der Waals surface area (Å²) in [5.74, 6) is -2.39. The molecule has 0 saturated heterocycles. The molecule has 0 amide bonds. The molecule has 5 nitrogen and oxygen atoms in total. The Kier molecular flexibility index (Phi) is 5.50. The number of aliphatic carboxylic acids is 2. The molecule has 0 fully saturated rings. The molecule has 1 aromatic rings. The molecule has 1 aromatic carbocycles. The van der Waals surface area contributed by atoms with Crippen LogP contribution in [-0.4, -0.2) is 28.2 Å². The maximum absolute atomic E-state index is 10.9. The lowest BCUT2D eigenvalue weighted by Crippen LogP contribution is -2.31. The number of nitrogens with two attached hydrogens (primary N) is 1. The molecule has 1 atom stereocenters. The number of carboxylic acids is 2. The maximum atomic E-state index is 10.9. The lowest BCUT2D eigenvalue weighted by Gasteiger charge is -2.05. The molecule has 4 N–H and O–H groups in total. The molecular formula is C14H15NO4. The third-order valence-corrected chi connectivity index (χ3v) is 2.42. The first-order valence-electron chi connectivity index (χ1n) is 5.64. The van der Waals surface area contributed by atoms with Gasteiger partial charge in [-0.15, -0.1) is 0 Å². The number of rotatable bonds is 6. The van der Waals surface area contributed by atoms with Gasteiger partial charge in [-0.25, -0.2) is 4.79 Å². The monoisotopic (exact) mass is 261 g/mol. The summed E-state index contributed by atoms with van der Waals surface area (Å²) in [5, 5.41) is 17.6. The number of hydrogen-bond acceptors (Lipinski definition) is 3. The highest BCUT2D eigenvalue weighted by atomic mass is 16.4. The fourth-order valence-corrected chi connectivity index (χ4v) is 1.39. The third kappa shape index (κ3) is 5.18. The molecule has 0 aromatic heterocycles. The van der Waals surface area contributed by atoms with Crippen LogP contribution in [0.5, 0.6) is 0 Å². The molecule has 0 bridgehead atoms. The van der Waals surface area contributed by atoms with Gasteiger partial charge in [0.25, 0.3) is 0 Å². The first kappa shape index (κ1) is 14.7. The fraction of sp³-hybridized carbons (Fsp3) is 0.143. The van der Waals surface area contributed by atoms with Crippen LogP contribution in [0.25, 0.3) is 6.08 Å². The summed E-state index contributed by atoms with van der Waals surface area (Å²) < 4.78 is 0. The molecule has 0 radical (unpaired) electrons. The third-order valence-electron chi connectivity index (χ3n) is 2.42. The minimum absolute atomic E-state index is 0.0397. The molecule has 100 valence electrons. The van der Waals surface area contributed by atoms with E-state index in [4.69, 9.17) is 15.9 Å². The molecule has 5 heteroatoms. The lowest BCUT2D eigenvalue weighted by atomic mass is 10.1. The van der Waals surface area contributed by atoms with Gasteiger partial charge in [0, 0.05) is 12.0 Å². The largest absolute Gasteiger partial charge is 0.480 e. The number of benzene rings is 1. The summed E-state index contributed by atoms with van der Waals surface area (Å²) in [6, 6.07) is 8.12. The van der Waals surface area contributed by atoms with Crippen molar-refractivity contribution in [2.24, 2.45) is 5.73 Å². The Balaban J connectivity index is 2.77. The van der Waals surface area contributed by atoms with Gasteiger partial charge in [-0.2, -0.15) is 0 Å². The quantitative estimate of drug-likeness (QED) is 0.532. The molecule has 0 aliphatic carbocycles. The van der Waals surface area contributed by atoms with Gasteiger partial charge in [0.2, 0.25) is 0 Å². The van der Waals surface area contributed by atoms with Gasteiger partial charge in [0.1, 0.15) is 6.04 Å². The van der Waals surface area contributed by atoms with Crippen molar-refractivity contribution in [3.63, 3.8) is 0 Å². The van der Waals surface area contributed by atoms with Crippen molar-refractivity contribution in [1.29, 1.82) is 0 Å². The summed E-state index contributed by atoms with van der Waals surface area (Å²) in [4.78, 5) is 21.5. The highest BCUT2D eigenvalue weighted by Gasteiger charge is 2.17. The summed E-state index contributed by atoms with van der Waals surface area (Å²) in [6.07, 6.45) is 4.44. The Morgan fingerprint density at radius 2 is 1.84 bits per heavy atom. The standard InChI is InChI=1S/C14H15NO4/c15-12(14(18)19)9-11(13(16)17)8-4-7-10-5-2-1-3-6-10/h1-8,12H,9,15H2,(H,16,17)(H,18,19). The Morgan fingerprint density at radius 1 is 1.21 bits per heavy atom. The van der Waals surface area contributed by atoms with Crippen LogP contribution < -0.4 is 5.73 Å². The van der Waals surface area contributed by atoms with Gasteiger partial charge in [0.15, 0.2) is 0 Å². The minimum Gasteiger partial charge on any atom is -0.480 e. The summed E-state index contributed by atoms with van der Waals surface area (Å²) in [6.45, 7) is 0. The van der Waals surface area contributed by atoms with Crippen molar-refractivity contribution in [3.05, 3.63) is 53.6 Å². The van der Waals surface area contributed by atoms with Crippen LogP contribution in [0.4, 0.5) is 0 Å². The van der Waals surface area contributed by atoms with Crippen molar-refractivity contribution >= 4 is 18.0 Å². The van der Waals surface area contributed by atoms with Crippen LogP contribution in [0.15, 0.2) is 48.1 Å². The van der Waals surface area contributed by atoms with Crippen LogP contribution in [0, 0.1) is 0 Å². The topological polar surface area (TPSA) is 101 Å². The first-order chi connectivity index (χ1) is 9.00. The normalized spacial score (nSPS) is 13.4. The number of carbonyl (C=O) groups is 2. The van der Waals surface area contributed by atoms with Crippen molar-refractivity contribution in [2.75, 3.05) is 0 Å². The Hall–Kier alpha value is -2.40. The van der Waals surface area contributed by atoms with Gasteiger partial charge in [-0.1, -0.05) is 48.6 Å². The fourth-order valence-electron chi connectivity index (χ4n) is 1.39. The van der Waals surface area contributed by atoms with Crippen LogP contribution in [0.3, 0.4) is 0 Å². The Labute approximate surface area is 110 Å². The predicted octanol–water partition coefficient (Wildman–Crippen LogP) is 1.51. The van der Waals surface area contributed by atoms with E-state index in [9.17, 15) is 9.59 Å². The predicted molar refractivity (Wildman–Crippen MR) is 71.4 cm³/mol. The van der Waals surface area contributed by atoms with Crippen molar-refractivity contribution in [3.8, 4) is 0 Å². The highest BCUT2D eigenvalue weighted by Crippen LogP contribution is 2.07. The minimum atomic E-state index is -1.22. The average molecular weight is 261 g/mol. The van der Waals surface area contributed by atoms with E-state index in [0.717, 1.165) is 5.56 Å². The highest BCUT2D eigenvalue weighted by molar-refractivity contribution is 5.88. The summed E-state index contributed by atoms with van der Waals surface area (Å²) in [5.41, 5.74) is 6.19. The van der Waals surface area contributed by atoms with E-state index in [1.807, 2.05) is 30.3 Å². The van der Waals surface area contributed by atoms with Crippen LogP contribution in [0.2, 0.25) is 0 Å². The molecule has 19 heavy (non-hydrogen) atoms. The SMILES string of the molecule is NC(CC(=CC=Cc1ccccc1)C(=O)O)C(=O)O. The molecule has 0 saturated carbocycles. The van der Waals surface area contributed by atoms with Gasteiger partial charge in [-0.3, -0.25) is 4.79 Å². The van der Waals surface area contributed by atoms with Crippen molar-refractivity contribution < 1.29 is 19.8 Å². The maximum Gasteiger partial charge on any atom is 0.331 e. The zero-order chi connectivity index (χ0) is 14.3. The van der Waals surface area contributed by atoms with Gasteiger partial charge >= 0.3 is 11.9 Å². The van der Waals surface area contributed by atoms with Crippen LogP contribution in [0.1, 0.15) is 12.0 Å². The van der Waals surface area contributed by atoms with E-state index in [1.54, 1.807) is 12.2 Å². The summed E-state index contributed by atoms with van der Waals surface area (Å²) in [7, 11) is 0. The van der Waals surface area contributed by atoms with Gasteiger partial charge in [0.05, 0.1) is 0 Å². The second-order valence-electron chi connectivity index (χ2n) is 3.92. The molecule has 1 rings (SSSR count). The zero-order valence-corrected chi connectivity index (χ0v) is 10.2. The van der Waals surface area contributed by atoms with E-state index in [-0.39, 0.29) is 12.0 Å². The van der Waals surface area contributed by atoms with Crippen LogP contribution >= 0.6 is 0 Å². The summed E-state index contributed by atoms with van der Waals surface area (Å²) >= 11 is 0. The van der Waals surface area contributed by atoms with E-state index < -0.39 is 18.0 Å². The van der Waals surface area contributed by atoms with Crippen molar-refractivity contribution in [1.82, 2.24) is 0 Å². The Bertz CT molecular complexity index is 505. The van der Waals surface area contributed by atoms with E-state index >= 15 is 0 Å². The smallest absolute Gasteiger partial charge is 0.331 e. The average Bonchev–Trinajstić information content (AvgIpc) is 2.38. The van der Waals surface area contributed by atoms with Crippen molar-refractivity contribution in [2.45, 2.75) is 12.5 Å². The number of allylic oxidation sites excluding steroid dienone is 2. The molecule has 1 unspecified atom stereocenters.